The highest BCUT2D eigenvalue weighted by molar-refractivity contribution is 6.36. The minimum absolute atomic E-state index is 0.0722. The molecule has 1 aromatic carbocycles. The molecule has 0 atom stereocenters. The van der Waals surface area contributed by atoms with Crippen LogP contribution in [0.4, 0.5) is 5.82 Å². The lowest BCUT2D eigenvalue weighted by Crippen LogP contribution is -2.38. The Kier molecular flexibility index (Phi) is 6.32. The zero-order valence-corrected chi connectivity index (χ0v) is 21.4. The number of carbonyl (C=O) groups is 1. The maximum Gasteiger partial charge on any atom is 0.276 e. The standard InChI is InChI=1S/C27H28BN9O/c1-18-25(34-37(33-18)21-7-3-2-4-8-21)27(38)35-12-9-20(10-13-35)23-14-24(30-16-19-6-5-11-29-15-19)36-26(32-23)22(28)17-31-36/h2-8,11,14-15,17,20,30H,9-10,12-13,16,28H2,1H3. The number of hydrogen-bond donors (Lipinski definition) is 1. The van der Waals surface area contributed by atoms with Crippen LogP contribution in [-0.2, 0) is 6.54 Å². The Hall–Kier alpha value is -4.54. The molecule has 0 saturated carbocycles. The van der Waals surface area contributed by atoms with Crippen LogP contribution in [0.5, 0.6) is 0 Å². The monoisotopic (exact) mass is 505 g/mol. The molecule has 1 saturated heterocycles. The number of rotatable bonds is 6. The number of piperidine rings is 1. The van der Waals surface area contributed by atoms with Crippen LogP contribution in [0.2, 0.25) is 0 Å². The molecule has 11 heteroatoms. The Balaban J connectivity index is 1.18. The van der Waals surface area contributed by atoms with E-state index in [0.717, 1.165) is 46.7 Å². The van der Waals surface area contributed by atoms with Gasteiger partial charge in [-0.1, -0.05) is 24.3 Å². The van der Waals surface area contributed by atoms with Crippen LogP contribution >= 0.6 is 0 Å². The van der Waals surface area contributed by atoms with Gasteiger partial charge in [0.2, 0.25) is 0 Å². The number of likely N-dealkylation sites (tertiary alicyclic amines) is 1. The summed E-state index contributed by atoms with van der Waals surface area (Å²) in [6.07, 6.45) is 7.13. The number of hydrogen-bond acceptors (Lipinski definition) is 7. The van der Waals surface area contributed by atoms with Crippen molar-refractivity contribution >= 4 is 30.7 Å². The molecule has 0 unspecified atom stereocenters. The van der Waals surface area contributed by atoms with Crippen molar-refractivity contribution in [1.82, 2.24) is 39.5 Å². The van der Waals surface area contributed by atoms with E-state index in [1.54, 1.807) is 6.20 Å². The fourth-order valence-electron chi connectivity index (χ4n) is 4.90. The minimum atomic E-state index is -0.0722. The lowest BCUT2D eigenvalue weighted by atomic mass is 9.92. The number of fused-ring (bicyclic) bond motifs is 1. The van der Waals surface area contributed by atoms with Gasteiger partial charge in [-0.15, -0.1) is 5.10 Å². The summed E-state index contributed by atoms with van der Waals surface area (Å²) in [5.41, 5.74) is 5.86. The van der Waals surface area contributed by atoms with Crippen LogP contribution in [0, 0.1) is 6.92 Å². The molecule has 6 rings (SSSR count). The number of para-hydroxylation sites is 1. The molecule has 0 bridgehead atoms. The van der Waals surface area contributed by atoms with Gasteiger partial charge in [-0.05, 0) is 49.0 Å². The number of aromatic nitrogens is 7. The molecule has 0 spiro atoms. The van der Waals surface area contributed by atoms with Crippen molar-refractivity contribution in [2.75, 3.05) is 18.4 Å². The van der Waals surface area contributed by atoms with E-state index in [2.05, 4.69) is 31.7 Å². The van der Waals surface area contributed by atoms with E-state index in [0.29, 0.717) is 31.0 Å². The Labute approximate surface area is 221 Å². The molecule has 1 aliphatic heterocycles. The molecule has 1 amide bonds. The van der Waals surface area contributed by atoms with Crippen molar-refractivity contribution in [3.8, 4) is 5.69 Å². The van der Waals surface area contributed by atoms with Crippen LogP contribution in [0.1, 0.15) is 46.2 Å². The highest BCUT2D eigenvalue weighted by Gasteiger charge is 2.29. The third-order valence-corrected chi connectivity index (χ3v) is 7.04. The molecule has 5 heterocycles. The molecule has 5 aromatic rings. The predicted molar refractivity (Wildman–Crippen MR) is 147 cm³/mol. The Morgan fingerprint density at radius 3 is 2.66 bits per heavy atom. The molecule has 1 N–H and O–H groups in total. The second kappa shape index (κ2) is 10.1. The third-order valence-electron chi connectivity index (χ3n) is 7.04. The van der Waals surface area contributed by atoms with Gasteiger partial charge in [0.15, 0.2) is 11.3 Å². The molecular formula is C27H28BN9O. The van der Waals surface area contributed by atoms with Gasteiger partial charge in [0, 0.05) is 55.9 Å². The van der Waals surface area contributed by atoms with Crippen molar-refractivity contribution in [2.24, 2.45) is 0 Å². The Morgan fingerprint density at radius 1 is 1.08 bits per heavy atom. The number of aryl methyl sites for hydroxylation is 1. The summed E-state index contributed by atoms with van der Waals surface area (Å²) < 4.78 is 1.85. The van der Waals surface area contributed by atoms with Crippen molar-refractivity contribution in [2.45, 2.75) is 32.2 Å². The molecule has 38 heavy (non-hydrogen) atoms. The Bertz CT molecular complexity index is 1570. The van der Waals surface area contributed by atoms with Crippen LogP contribution < -0.4 is 10.8 Å². The number of nitrogens with zero attached hydrogens (tertiary/aromatic N) is 8. The molecule has 1 fully saturated rings. The number of benzene rings is 1. The number of nitrogens with one attached hydrogen (secondary N) is 1. The predicted octanol–water partition coefficient (Wildman–Crippen LogP) is 1.90. The molecular weight excluding hydrogens is 477 g/mol. The van der Waals surface area contributed by atoms with E-state index in [1.165, 1.54) is 4.80 Å². The van der Waals surface area contributed by atoms with Gasteiger partial charge in [0.25, 0.3) is 5.91 Å². The number of amides is 1. The van der Waals surface area contributed by atoms with E-state index in [1.807, 2.05) is 79.0 Å². The van der Waals surface area contributed by atoms with Crippen LogP contribution in [0.25, 0.3) is 11.3 Å². The normalized spacial score (nSPS) is 14.2. The molecule has 10 nitrogen and oxygen atoms in total. The lowest BCUT2D eigenvalue weighted by Gasteiger charge is -2.31. The summed E-state index contributed by atoms with van der Waals surface area (Å²) in [7, 11) is 2.02. The molecule has 1 aliphatic rings. The van der Waals surface area contributed by atoms with Gasteiger partial charge >= 0.3 is 0 Å². The number of pyridine rings is 1. The van der Waals surface area contributed by atoms with Crippen LogP contribution in [0.15, 0.2) is 67.1 Å². The summed E-state index contributed by atoms with van der Waals surface area (Å²) in [4.78, 5) is 25.9. The summed E-state index contributed by atoms with van der Waals surface area (Å²) in [6.45, 7) is 3.76. The summed E-state index contributed by atoms with van der Waals surface area (Å²) in [6, 6.07) is 15.7. The van der Waals surface area contributed by atoms with Gasteiger partial charge in [-0.25, -0.2) is 4.98 Å². The smallest absolute Gasteiger partial charge is 0.276 e. The van der Waals surface area contributed by atoms with Crippen LogP contribution in [-0.4, -0.2) is 66.3 Å². The van der Waals surface area contributed by atoms with E-state index < -0.39 is 0 Å². The fraction of sp³-hybridized carbons (Fsp3) is 0.259. The molecule has 0 radical (unpaired) electrons. The van der Waals surface area contributed by atoms with Crippen molar-refractivity contribution in [3.63, 3.8) is 0 Å². The maximum absolute atomic E-state index is 13.3. The summed E-state index contributed by atoms with van der Waals surface area (Å²) in [5, 5.41) is 17.0. The summed E-state index contributed by atoms with van der Waals surface area (Å²) in [5.74, 6) is 1.07. The van der Waals surface area contributed by atoms with Crippen LogP contribution in [0.3, 0.4) is 0 Å². The van der Waals surface area contributed by atoms with E-state index in [-0.39, 0.29) is 11.8 Å². The van der Waals surface area contributed by atoms with Gasteiger partial charge in [-0.3, -0.25) is 9.78 Å². The van der Waals surface area contributed by atoms with Crippen molar-refractivity contribution in [1.29, 1.82) is 0 Å². The highest BCUT2D eigenvalue weighted by atomic mass is 16.2. The van der Waals surface area contributed by atoms with Gasteiger partial charge in [-0.2, -0.15) is 19.5 Å². The largest absolute Gasteiger partial charge is 0.366 e. The fourth-order valence-corrected chi connectivity index (χ4v) is 4.90. The maximum atomic E-state index is 13.3. The molecule has 4 aromatic heterocycles. The topological polar surface area (TPSA) is 106 Å². The van der Waals surface area contributed by atoms with Crippen molar-refractivity contribution in [3.05, 3.63) is 89.8 Å². The first-order chi connectivity index (χ1) is 18.6. The first kappa shape index (κ1) is 23.8. The second-order valence-corrected chi connectivity index (χ2v) is 9.67. The first-order valence-corrected chi connectivity index (χ1v) is 12.8. The van der Waals surface area contributed by atoms with Crippen molar-refractivity contribution < 1.29 is 4.79 Å². The quantitative estimate of drug-likeness (QED) is 0.352. The third kappa shape index (κ3) is 4.62. The molecule has 190 valence electrons. The van der Waals surface area contributed by atoms with Gasteiger partial charge in [0.1, 0.15) is 13.7 Å². The SMILES string of the molecule is Bc1cnn2c(NCc3cccnc3)cc(C3CCN(C(=O)c4nn(-c5ccccc5)nc4C)CC3)nc12. The van der Waals surface area contributed by atoms with E-state index >= 15 is 0 Å². The number of carbonyl (C=O) groups excluding carboxylic acids is 1. The number of anilines is 1. The zero-order chi connectivity index (χ0) is 26.1. The average Bonchev–Trinajstić information content (AvgIpc) is 3.55. The summed E-state index contributed by atoms with van der Waals surface area (Å²) >= 11 is 0. The van der Waals surface area contributed by atoms with Gasteiger partial charge < -0.3 is 10.2 Å². The average molecular weight is 505 g/mol. The Morgan fingerprint density at radius 2 is 1.89 bits per heavy atom. The highest BCUT2D eigenvalue weighted by Crippen LogP contribution is 2.29. The second-order valence-electron chi connectivity index (χ2n) is 9.67. The zero-order valence-electron chi connectivity index (χ0n) is 21.4. The van der Waals surface area contributed by atoms with E-state index in [9.17, 15) is 4.79 Å². The first-order valence-electron chi connectivity index (χ1n) is 12.8. The minimum Gasteiger partial charge on any atom is -0.366 e. The lowest BCUT2D eigenvalue weighted by molar-refractivity contribution is 0.0705. The molecule has 0 aliphatic carbocycles. The van der Waals surface area contributed by atoms with E-state index in [4.69, 9.17) is 4.98 Å². The van der Waals surface area contributed by atoms with Gasteiger partial charge in [0.05, 0.1) is 11.4 Å².